The van der Waals surface area contributed by atoms with Crippen LogP contribution in [0.25, 0.3) is 0 Å². The Morgan fingerprint density at radius 2 is 2.10 bits per heavy atom. The average Bonchev–Trinajstić information content (AvgIpc) is 2.48. The smallest absolute Gasteiger partial charge is 0.237 e. The molecule has 0 spiro atoms. The van der Waals surface area contributed by atoms with Crippen LogP contribution in [0.4, 0.5) is 0 Å². The molecule has 2 rings (SSSR count). The largest absolute Gasteiger partial charge is 0.355 e. The van der Waals surface area contributed by atoms with Crippen molar-refractivity contribution in [2.24, 2.45) is 17.6 Å². The summed E-state index contributed by atoms with van der Waals surface area (Å²) in [4.78, 5) is 12.0. The molecular weight excluding hydrogens is 260 g/mol. The first-order valence-corrected chi connectivity index (χ1v) is 8.22. The third kappa shape index (κ3) is 5.50. The fourth-order valence-electron chi connectivity index (χ4n) is 3.31. The van der Waals surface area contributed by atoms with Crippen LogP contribution in [0.15, 0.2) is 30.3 Å². The van der Waals surface area contributed by atoms with E-state index in [0.29, 0.717) is 6.42 Å². The third-order valence-corrected chi connectivity index (χ3v) is 4.53. The molecule has 1 aliphatic rings. The molecule has 1 aliphatic carbocycles. The summed E-state index contributed by atoms with van der Waals surface area (Å²) in [6, 6.07) is 9.50. The molecule has 1 aromatic rings. The van der Waals surface area contributed by atoms with Gasteiger partial charge in [0.1, 0.15) is 0 Å². The van der Waals surface area contributed by atoms with Crippen molar-refractivity contribution >= 4 is 5.91 Å². The normalized spacial score (nSPS) is 23.5. The fraction of sp³-hybridized carbons (Fsp3) is 0.611. The molecule has 3 heteroatoms. The van der Waals surface area contributed by atoms with Gasteiger partial charge in [-0.1, -0.05) is 56.5 Å². The standard InChI is InChI=1S/C18H28N2O/c1-14-6-5-9-16(12-14)10-11-20-18(21)17(19)13-15-7-3-2-4-8-15/h2-4,7-8,14,16-17H,5-6,9-13,19H2,1H3,(H,20,21). The first-order valence-electron chi connectivity index (χ1n) is 8.22. The van der Waals surface area contributed by atoms with E-state index in [2.05, 4.69) is 12.2 Å². The molecule has 3 nitrogen and oxygen atoms in total. The molecule has 0 bridgehead atoms. The molecule has 3 atom stereocenters. The molecule has 1 aromatic carbocycles. The van der Waals surface area contributed by atoms with E-state index in [-0.39, 0.29) is 5.91 Å². The molecule has 0 aliphatic heterocycles. The highest BCUT2D eigenvalue weighted by atomic mass is 16.2. The highest BCUT2D eigenvalue weighted by molar-refractivity contribution is 5.81. The van der Waals surface area contributed by atoms with E-state index < -0.39 is 6.04 Å². The van der Waals surface area contributed by atoms with Crippen LogP contribution in [-0.4, -0.2) is 18.5 Å². The molecule has 116 valence electrons. The Kier molecular flexibility index (Phi) is 6.24. The minimum Gasteiger partial charge on any atom is -0.355 e. The highest BCUT2D eigenvalue weighted by Crippen LogP contribution is 2.30. The predicted molar refractivity (Wildman–Crippen MR) is 86.9 cm³/mol. The molecule has 1 amide bonds. The van der Waals surface area contributed by atoms with Crippen LogP contribution in [0.5, 0.6) is 0 Å². The minimum atomic E-state index is -0.447. The SMILES string of the molecule is CC1CCCC(CCNC(=O)C(N)Cc2ccccc2)C1. The monoisotopic (exact) mass is 288 g/mol. The van der Waals surface area contributed by atoms with Gasteiger partial charge in [0.05, 0.1) is 6.04 Å². The van der Waals surface area contributed by atoms with E-state index in [1.165, 1.54) is 25.7 Å². The van der Waals surface area contributed by atoms with Gasteiger partial charge in [-0.15, -0.1) is 0 Å². The first-order chi connectivity index (χ1) is 10.1. The summed E-state index contributed by atoms with van der Waals surface area (Å²) in [7, 11) is 0. The lowest BCUT2D eigenvalue weighted by Gasteiger charge is -2.26. The highest BCUT2D eigenvalue weighted by Gasteiger charge is 2.19. The lowest BCUT2D eigenvalue weighted by atomic mass is 9.81. The van der Waals surface area contributed by atoms with E-state index >= 15 is 0 Å². The number of benzene rings is 1. The van der Waals surface area contributed by atoms with Crippen molar-refractivity contribution in [3.8, 4) is 0 Å². The van der Waals surface area contributed by atoms with Crippen LogP contribution in [0, 0.1) is 11.8 Å². The Labute approximate surface area is 128 Å². The number of amides is 1. The molecular formula is C18H28N2O. The van der Waals surface area contributed by atoms with Crippen LogP contribution in [0.1, 0.15) is 44.6 Å². The van der Waals surface area contributed by atoms with Gasteiger partial charge < -0.3 is 11.1 Å². The summed E-state index contributed by atoms with van der Waals surface area (Å²) in [5.74, 6) is 1.60. The molecule has 3 N–H and O–H groups in total. The summed E-state index contributed by atoms with van der Waals surface area (Å²) >= 11 is 0. The van der Waals surface area contributed by atoms with Crippen LogP contribution < -0.4 is 11.1 Å². The number of nitrogens with two attached hydrogens (primary N) is 1. The lowest BCUT2D eigenvalue weighted by Crippen LogP contribution is -2.42. The minimum absolute atomic E-state index is 0.0253. The quantitative estimate of drug-likeness (QED) is 0.845. The van der Waals surface area contributed by atoms with Crippen LogP contribution in [0.2, 0.25) is 0 Å². The van der Waals surface area contributed by atoms with Gasteiger partial charge in [-0.05, 0) is 36.7 Å². The summed E-state index contributed by atoms with van der Waals surface area (Å²) in [5, 5.41) is 3.00. The Bertz CT molecular complexity index is 432. The molecule has 1 saturated carbocycles. The number of rotatable bonds is 6. The maximum Gasteiger partial charge on any atom is 0.237 e. The van der Waals surface area contributed by atoms with Crippen molar-refractivity contribution in [3.05, 3.63) is 35.9 Å². The summed E-state index contributed by atoms with van der Waals surface area (Å²) in [6.07, 6.45) is 7.03. The predicted octanol–water partition coefficient (Wildman–Crippen LogP) is 2.89. The van der Waals surface area contributed by atoms with Gasteiger partial charge in [-0.25, -0.2) is 0 Å². The van der Waals surface area contributed by atoms with Gasteiger partial charge >= 0.3 is 0 Å². The lowest BCUT2D eigenvalue weighted by molar-refractivity contribution is -0.122. The van der Waals surface area contributed by atoms with Gasteiger partial charge in [0.15, 0.2) is 0 Å². The van der Waals surface area contributed by atoms with E-state index in [1.807, 2.05) is 30.3 Å². The molecule has 3 unspecified atom stereocenters. The zero-order valence-corrected chi connectivity index (χ0v) is 13.1. The van der Waals surface area contributed by atoms with Crippen molar-refractivity contribution in [1.29, 1.82) is 0 Å². The second-order valence-electron chi connectivity index (χ2n) is 6.51. The second kappa shape index (κ2) is 8.18. The number of carbonyl (C=O) groups is 1. The molecule has 0 radical (unpaired) electrons. The molecule has 0 saturated heterocycles. The van der Waals surface area contributed by atoms with Crippen LogP contribution in [-0.2, 0) is 11.2 Å². The third-order valence-electron chi connectivity index (χ3n) is 4.53. The van der Waals surface area contributed by atoms with E-state index in [0.717, 1.165) is 30.4 Å². The Morgan fingerprint density at radius 1 is 1.33 bits per heavy atom. The van der Waals surface area contributed by atoms with Crippen molar-refractivity contribution in [2.45, 2.75) is 51.5 Å². The Balaban J connectivity index is 1.67. The zero-order valence-electron chi connectivity index (χ0n) is 13.1. The van der Waals surface area contributed by atoms with Gasteiger partial charge in [0, 0.05) is 6.54 Å². The zero-order chi connectivity index (χ0) is 15.1. The van der Waals surface area contributed by atoms with Crippen LogP contribution in [0.3, 0.4) is 0 Å². The van der Waals surface area contributed by atoms with Crippen molar-refractivity contribution in [2.75, 3.05) is 6.54 Å². The van der Waals surface area contributed by atoms with Crippen molar-refractivity contribution in [1.82, 2.24) is 5.32 Å². The maximum absolute atomic E-state index is 12.0. The number of carbonyl (C=O) groups excluding carboxylic acids is 1. The maximum atomic E-state index is 12.0. The van der Waals surface area contributed by atoms with E-state index in [4.69, 9.17) is 5.73 Å². The first kappa shape index (κ1) is 16.0. The van der Waals surface area contributed by atoms with E-state index in [1.54, 1.807) is 0 Å². The number of hydrogen-bond acceptors (Lipinski definition) is 2. The number of hydrogen-bond donors (Lipinski definition) is 2. The average molecular weight is 288 g/mol. The van der Waals surface area contributed by atoms with Crippen LogP contribution >= 0.6 is 0 Å². The molecule has 0 aromatic heterocycles. The molecule has 0 heterocycles. The Morgan fingerprint density at radius 3 is 2.81 bits per heavy atom. The van der Waals surface area contributed by atoms with Gasteiger partial charge in [0.2, 0.25) is 5.91 Å². The van der Waals surface area contributed by atoms with Gasteiger partial charge in [-0.2, -0.15) is 0 Å². The second-order valence-corrected chi connectivity index (χ2v) is 6.51. The van der Waals surface area contributed by atoms with Gasteiger partial charge in [0.25, 0.3) is 0 Å². The molecule has 21 heavy (non-hydrogen) atoms. The topological polar surface area (TPSA) is 55.1 Å². The fourth-order valence-corrected chi connectivity index (χ4v) is 3.31. The van der Waals surface area contributed by atoms with Gasteiger partial charge in [-0.3, -0.25) is 4.79 Å². The van der Waals surface area contributed by atoms with E-state index in [9.17, 15) is 4.79 Å². The summed E-state index contributed by atoms with van der Waals surface area (Å²) in [6.45, 7) is 3.10. The Hall–Kier alpha value is -1.35. The summed E-state index contributed by atoms with van der Waals surface area (Å²) in [5.41, 5.74) is 7.09. The molecule has 1 fully saturated rings. The number of nitrogens with one attached hydrogen (secondary N) is 1. The summed E-state index contributed by atoms with van der Waals surface area (Å²) < 4.78 is 0. The van der Waals surface area contributed by atoms with Crippen molar-refractivity contribution < 1.29 is 4.79 Å². The van der Waals surface area contributed by atoms with Crippen molar-refractivity contribution in [3.63, 3.8) is 0 Å².